The number of esters is 1. The van der Waals surface area contributed by atoms with Crippen molar-refractivity contribution in [3.63, 3.8) is 0 Å². The molecule has 12 nitrogen and oxygen atoms in total. The van der Waals surface area contributed by atoms with E-state index in [1.54, 1.807) is 43.4 Å². The van der Waals surface area contributed by atoms with E-state index in [4.69, 9.17) is 4.74 Å². The van der Waals surface area contributed by atoms with Crippen LogP contribution in [0.4, 0.5) is 27.5 Å². The zero-order chi connectivity index (χ0) is 32.5. The fourth-order valence-electron chi connectivity index (χ4n) is 4.67. The van der Waals surface area contributed by atoms with Crippen LogP contribution in [0.3, 0.4) is 0 Å². The quantitative estimate of drug-likeness (QED) is 0.244. The van der Waals surface area contributed by atoms with Gasteiger partial charge in [-0.25, -0.2) is 4.79 Å². The van der Waals surface area contributed by atoms with Crippen LogP contribution in [0.15, 0.2) is 66.7 Å². The maximum absolute atomic E-state index is 13.4. The van der Waals surface area contributed by atoms with Crippen LogP contribution in [0, 0.1) is 6.92 Å². The number of nitrogens with zero attached hydrogens (tertiary/aromatic N) is 2. The monoisotopic (exact) mass is 615 g/mol. The Balaban J connectivity index is 1.35. The van der Waals surface area contributed by atoms with Crippen molar-refractivity contribution < 1.29 is 33.6 Å². The van der Waals surface area contributed by atoms with Crippen molar-refractivity contribution in [2.45, 2.75) is 19.8 Å². The number of fused-ring (bicyclic) bond motifs is 1. The predicted molar refractivity (Wildman–Crippen MR) is 172 cm³/mol. The van der Waals surface area contributed by atoms with Crippen molar-refractivity contribution in [2.24, 2.45) is 0 Å². The summed E-state index contributed by atoms with van der Waals surface area (Å²) in [5.41, 5.74) is 4.00. The number of carbonyl (C=O) groups is 5. The van der Waals surface area contributed by atoms with Gasteiger partial charge in [-0.15, -0.1) is 0 Å². The number of hydrogen-bond donors (Lipinski definition) is 4. The Hall–Kier alpha value is -5.23. The van der Waals surface area contributed by atoms with Crippen LogP contribution in [0.25, 0.3) is 0 Å². The van der Waals surface area contributed by atoms with Crippen LogP contribution in [0.1, 0.15) is 27.9 Å². The zero-order valence-corrected chi connectivity index (χ0v) is 25.9. The number of rotatable bonds is 11. The number of nitrogens with one attached hydrogen (secondary N) is 4. The molecule has 0 spiro atoms. The Bertz CT molecular complexity index is 1570. The van der Waals surface area contributed by atoms with Gasteiger partial charge in [-0.2, -0.15) is 0 Å². The van der Waals surface area contributed by atoms with Crippen molar-refractivity contribution in [3.05, 3.63) is 83.4 Å². The Morgan fingerprint density at radius 1 is 0.911 bits per heavy atom. The van der Waals surface area contributed by atoms with E-state index in [-0.39, 0.29) is 55.9 Å². The van der Waals surface area contributed by atoms with Crippen LogP contribution in [0.5, 0.6) is 0 Å². The van der Waals surface area contributed by atoms with E-state index in [1.807, 2.05) is 45.3 Å². The molecular formula is C33H39N6O6+. The number of para-hydroxylation sites is 1. The van der Waals surface area contributed by atoms with Gasteiger partial charge in [-0.05, 0) is 54.4 Å². The number of carbonyl (C=O) groups excluding carboxylic acids is 5. The predicted octanol–water partition coefficient (Wildman–Crippen LogP) is 2.32. The Morgan fingerprint density at radius 2 is 1.62 bits per heavy atom. The molecule has 0 aliphatic carbocycles. The van der Waals surface area contributed by atoms with Gasteiger partial charge in [0.15, 0.2) is 0 Å². The van der Waals surface area contributed by atoms with Crippen LogP contribution >= 0.6 is 0 Å². The van der Waals surface area contributed by atoms with Gasteiger partial charge in [0.1, 0.15) is 19.7 Å². The lowest BCUT2D eigenvalue weighted by molar-refractivity contribution is -0.858. The molecule has 0 fully saturated rings. The second-order valence-electron chi connectivity index (χ2n) is 11.2. The van der Waals surface area contributed by atoms with Crippen molar-refractivity contribution in [1.29, 1.82) is 0 Å². The van der Waals surface area contributed by atoms with Gasteiger partial charge < -0.3 is 35.4 Å². The summed E-state index contributed by atoms with van der Waals surface area (Å²) in [6.45, 7) is 2.69. The number of likely N-dealkylation sites (N-methyl/N-ethyl adjacent to an activating group) is 2. The number of hydrogen-bond acceptors (Lipinski definition) is 6. The highest BCUT2D eigenvalue weighted by molar-refractivity contribution is 6.10. The van der Waals surface area contributed by atoms with Crippen LogP contribution in [-0.2, 0) is 25.5 Å². The molecule has 0 saturated carbocycles. The number of benzene rings is 3. The van der Waals surface area contributed by atoms with E-state index in [9.17, 15) is 24.0 Å². The van der Waals surface area contributed by atoms with E-state index >= 15 is 0 Å². The van der Waals surface area contributed by atoms with E-state index in [2.05, 4.69) is 16.0 Å². The Morgan fingerprint density at radius 3 is 2.33 bits per heavy atom. The van der Waals surface area contributed by atoms with Crippen LogP contribution < -0.4 is 25.8 Å². The van der Waals surface area contributed by atoms with Gasteiger partial charge in [0.05, 0.1) is 38.2 Å². The molecule has 12 heteroatoms. The molecule has 0 unspecified atom stereocenters. The highest BCUT2D eigenvalue weighted by atomic mass is 16.5. The summed E-state index contributed by atoms with van der Waals surface area (Å²) in [7, 11) is 5.48. The van der Waals surface area contributed by atoms with E-state index in [0.717, 1.165) is 16.0 Å². The summed E-state index contributed by atoms with van der Waals surface area (Å²) in [6, 6.07) is 18.8. The number of quaternary nitrogens is 1. The molecule has 1 aliphatic rings. The number of amides is 5. The average Bonchev–Trinajstić information content (AvgIpc) is 3.08. The normalized spacial score (nSPS) is 12.8. The minimum Gasteiger partial charge on any atom is -0.460 e. The van der Waals surface area contributed by atoms with Crippen LogP contribution in [0.2, 0.25) is 0 Å². The lowest BCUT2D eigenvalue weighted by Gasteiger charge is -2.19. The molecule has 4 N–H and O–H groups in total. The van der Waals surface area contributed by atoms with Gasteiger partial charge >= 0.3 is 12.0 Å². The summed E-state index contributed by atoms with van der Waals surface area (Å²) >= 11 is 0. The first-order valence-corrected chi connectivity index (χ1v) is 14.7. The third kappa shape index (κ3) is 9.13. The standard InChI is InChI=1S/C33H38N6O6/c1-22-7-5-6-8-27(22)36-33(44)35-24-11-9-23(10-12-24)19-29(40)34-25-13-14-28-26(20-25)32(43)39(21-30(41)38(28)4)16-15-31(42)45-18-17-37(2)3/h5-14,20H,15-19,21H2,1-4H3,(H,34,40)(H2,35,36,44)/p+1. The Kier molecular flexibility index (Phi) is 10.9. The molecule has 0 atom stereocenters. The van der Waals surface area contributed by atoms with Gasteiger partial charge in [0.2, 0.25) is 11.8 Å². The van der Waals surface area contributed by atoms with Gasteiger partial charge in [-0.1, -0.05) is 30.3 Å². The minimum absolute atomic E-state index is 0.0283. The van der Waals surface area contributed by atoms with E-state index in [0.29, 0.717) is 29.3 Å². The maximum Gasteiger partial charge on any atom is 0.323 e. The van der Waals surface area contributed by atoms with Crippen molar-refractivity contribution in [1.82, 2.24) is 4.90 Å². The van der Waals surface area contributed by atoms with Crippen molar-refractivity contribution >= 4 is 52.5 Å². The molecule has 3 aromatic carbocycles. The molecule has 0 saturated heterocycles. The molecule has 5 amide bonds. The Labute approximate surface area is 262 Å². The first kappa shape index (κ1) is 32.7. The molecule has 1 heterocycles. The molecule has 45 heavy (non-hydrogen) atoms. The zero-order valence-electron chi connectivity index (χ0n) is 25.9. The fourth-order valence-corrected chi connectivity index (χ4v) is 4.67. The molecule has 236 valence electrons. The third-order valence-corrected chi connectivity index (χ3v) is 7.28. The highest BCUT2D eigenvalue weighted by Gasteiger charge is 2.30. The molecule has 0 radical (unpaired) electrons. The molecular weight excluding hydrogens is 576 g/mol. The van der Waals surface area contributed by atoms with Crippen LogP contribution in [-0.4, -0.2) is 82.0 Å². The average molecular weight is 616 g/mol. The number of ether oxygens (including phenoxy) is 1. The molecule has 4 rings (SSSR count). The minimum atomic E-state index is -0.440. The van der Waals surface area contributed by atoms with Crippen molar-refractivity contribution in [3.8, 4) is 0 Å². The molecule has 1 aliphatic heterocycles. The lowest BCUT2D eigenvalue weighted by atomic mass is 10.1. The smallest absolute Gasteiger partial charge is 0.323 e. The largest absolute Gasteiger partial charge is 0.460 e. The van der Waals surface area contributed by atoms with E-state index < -0.39 is 11.9 Å². The summed E-state index contributed by atoms with van der Waals surface area (Å²) in [6.07, 6.45) is 0.0194. The van der Waals surface area contributed by atoms with E-state index in [1.165, 1.54) is 15.9 Å². The second kappa shape index (κ2) is 15.0. The molecule has 3 aromatic rings. The second-order valence-corrected chi connectivity index (χ2v) is 11.2. The molecule has 0 aromatic heterocycles. The van der Waals surface area contributed by atoms with Gasteiger partial charge in [-0.3, -0.25) is 19.2 Å². The summed E-state index contributed by atoms with van der Waals surface area (Å²) in [5, 5.41) is 8.40. The maximum atomic E-state index is 13.4. The first-order valence-electron chi connectivity index (χ1n) is 14.7. The number of anilines is 4. The summed E-state index contributed by atoms with van der Waals surface area (Å²) < 4.78 is 5.23. The van der Waals surface area contributed by atoms with Gasteiger partial charge in [0.25, 0.3) is 5.91 Å². The topological polar surface area (TPSA) is 142 Å². The lowest BCUT2D eigenvalue weighted by Crippen LogP contribution is -3.06. The third-order valence-electron chi connectivity index (χ3n) is 7.28. The SMILES string of the molecule is Cc1ccccc1NC(=O)Nc1ccc(CC(=O)Nc2ccc3c(c2)C(=O)N(CCC(=O)OCC[NH+](C)C)CC(=O)N3C)cc1. The number of urea groups is 1. The fraction of sp³-hybridized carbons (Fsp3) is 0.303. The summed E-state index contributed by atoms with van der Waals surface area (Å²) in [4.78, 5) is 67.5. The highest BCUT2D eigenvalue weighted by Crippen LogP contribution is 2.28. The first-order chi connectivity index (χ1) is 21.5. The van der Waals surface area contributed by atoms with Crippen molar-refractivity contribution in [2.75, 3.05) is 68.2 Å². The molecule has 0 bridgehead atoms. The van der Waals surface area contributed by atoms with Gasteiger partial charge in [0, 0.05) is 30.7 Å². The number of aryl methyl sites for hydroxylation is 1. The summed E-state index contributed by atoms with van der Waals surface area (Å²) in [5.74, 6) is -1.46.